The second-order valence-electron chi connectivity index (χ2n) is 6.53. The molecule has 1 amide bonds. The number of rotatable bonds is 4. The van der Waals surface area contributed by atoms with Crippen LogP contribution in [0.3, 0.4) is 0 Å². The molecule has 128 valence electrons. The predicted octanol–water partition coefficient (Wildman–Crippen LogP) is 4.02. The third-order valence-electron chi connectivity index (χ3n) is 4.04. The number of fused-ring (bicyclic) bond motifs is 1. The van der Waals surface area contributed by atoms with Crippen LogP contribution in [0.25, 0.3) is 9.88 Å². The van der Waals surface area contributed by atoms with E-state index in [0.29, 0.717) is 24.7 Å². The summed E-state index contributed by atoms with van der Waals surface area (Å²) in [7, 11) is 0. The number of aromatic nitrogens is 3. The van der Waals surface area contributed by atoms with Crippen molar-refractivity contribution in [3.63, 3.8) is 0 Å². The molecule has 0 fully saturated rings. The lowest BCUT2D eigenvalue weighted by molar-refractivity contribution is 0.0745. The quantitative estimate of drug-likeness (QED) is 0.696. The molecule has 1 aliphatic heterocycles. The third-order valence-corrected chi connectivity index (χ3v) is 5.92. The molecule has 4 rings (SSSR count). The van der Waals surface area contributed by atoms with Gasteiger partial charge in [-0.1, -0.05) is 19.9 Å². The molecule has 0 spiro atoms. The van der Waals surface area contributed by atoms with Crippen molar-refractivity contribution in [2.24, 2.45) is 5.92 Å². The first-order valence-electron chi connectivity index (χ1n) is 8.22. The van der Waals surface area contributed by atoms with Crippen molar-refractivity contribution in [1.29, 1.82) is 0 Å². The zero-order chi connectivity index (χ0) is 17.4. The molecule has 0 N–H and O–H groups in total. The first-order chi connectivity index (χ1) is 12.1. The molecule has 0 aromatic carbocycles. The van der Waals surface area contributed by atoms with Gasteiger partial charge in [-0.2, -0.15) is 0 Å². The summed E-state index contributed by atoms with van der Waals surface area (Å²) in [4.78, 5) is 29.3. The zero-order valence-electron chi connectivity index (χ0n) is 14.1. The van der Waals surface area contributed by atoms with Gasteiger partial charge in [-0.25, -0.2) is 15.0 Å². The van der Waals surface area contributed by atoms with E-state index >= 15 is 0 Å². The Bertz CT molecular complexity index is 902. The molecule has 0 aliphatic carbocycles. The molecule has 7 heteroatoms. The van der Waals surface area contributed by atoms with Gasteiger partial charge in [0.25, 0.3) is 5.91 Å². The van der Waals surface area contributed by atoms with Crippen LogP contribution >= 0.6 is 22.7 Å². The van der Waals surface area contributed by atoms with Crippen LogP contribution in [0.5, 0.6) is 0 Å². The van der Waals surface area contributed by atoms with E-state index in [1.165, 1.54) is 11.3 Å². The zero-order valence-corrected chi connectivity index (χ0v) is 15.7. The van der Waals surface area contributed by atoms with Crippen molar-refractivity contribution in [2.45, 2.75) is 33.4 Å². The van der Waals surface area contributed by atoms with E-state index in [4.69, 9.17) is 0 Å². The van der Waals surface area contributed by atoms with Crippen molar-refractivity contribution in [3.05, 3.63) is 51.9 Å². The summed E-state index contributed by atoms with van der Waals surface area (Å²) < 4.78 is 0. The number of amides is 1. The van der Waals surface area contributed by atoms with E-state index in [2.05, 4.69) is 28.8 Å². The number of thiophene rings is 1. The van der Waals surface area contributed by atoms with Crippen LogP contribution in [-0.4, -0.2) is 25.8 Å². The van der Waals surface area contributed by atoms with Gasteiger partial charge in [0.15, 0.2) is 0 Å². The lowest BCUT2D eigenvalue weighted by Gasteiger charge is -2.12. The molecular formula is C18H18N4OS2. The molecular weight excluding hydrogens is 352 g/mol. The molecule has 3 aromatic rings. The fourth-order valence-corrected chi connectivity index (χ4v) is 4.46. The summed E-state index contributed by atoms with van der Waals surface area (Å²) in [6.07, 6.45) is 2.73. The Morgan fingerprint density at radius 3 is 2.92 bits per heavy atom. The Morgan fingerprint density at radius 2 is 2.16 bits per heavy atom. The van der Waals surface area contributed by atoms with E-state index in [-0.39, 0.29) is 5.91 Å². The summed E-state index contributed by atoms with van der Waals surface area (Å²) in [5.41, 5.74) is 2.51. The van der Waals surface area contributed by atoms with Crippen LogP contribution in [0.1, 0.15) is 41.4 Å². The minimum atomic E-state index is -0.0394. The first kappa shape index (κ1) is 16.4. The Hall–Kier alpha value is -2.12. The highest BCUT2D eigenvalue weighted by molar-refractivity contribution is 7.20. The van der Waals surface area contributed by atoms with Crippen LogP contribution in [0, 0.1) is 5.92 Å². The van der Waals surface area contributed by atoms with E-state index < -0.39 is 0 Å². The molecule has 0 atom stereocenters. The summed E-state index contributed by atoms with van der Waals surface area (Å²) in [6.45, 7) is 5.40. The number of thiazole rings is 1. The highest BCUT2D eigenvalue weighted by Crippen LogP contribution is 2.29. The molecule has 0 bridgehead atoms. The smallest absolute Gasteiger partial charge is 0.274 e. The third kappa shape index (κ3) is 3.34. The molecule has 0 saturated carbocycles. The number of hydrogen-bond acceptors (Lipinski definition) is 6. The van der Waals surface area contributed by atoms with Gasteiger partial charge in [-0.05, 0) is 17.4 Å². The molecule has 0 saturated heterocycles. The van der Waals surface area contributed by atoms with Gasteiger partial charge >= 0.3 is 0 Å². The van der Waals surface area contributed by atoms with Crippen molar-refractivity contribution >= 4 is 28.6 Å². The molecule has 0 unspecified atom stereocenters. The molecule has 1 aliphatic rings. The summed E-state index contributed by atoms with van der Waals surface area (Å²) in [5.74, 6) is 1.34. The van der Waals surface area contributed by atoms with E-state index in [0.717, 1.165) is 33.4 Å². The first-order valence-corrected chi connectivity index (χ1v) is 9.98. The summed E-state index contributed by atoms with van der Waals surface area (Å²) in [6, 6.07) is 4.02. The maximum atomic E-state index is 12.8. The molecule has 25 heavy (non-hydrogen) atoms. The van der Waals surface area contributed by atoms with Gasteiger partial charge in [0.05, 0.1) is 17.1 Å². The average molecular weight is 371 g/mol. The summed E-state index contributed by atoms with van der Waals surface area (Å²) >= 11 is 3.15. The molecule has 0 radical (unpaired) electrons. The van der Waals surface area contributed by atoms with Gasteiger partial charge in [0.1, 0.15) is 16.5 Å². The standard InChI is InChI=1S/C18H18N4OS2/c1-11(2)6-16-19-7-12-8-22(9-13(12)20-16)18(23)14-10-25-17(21-14)15-4-3-5-24-15/h3-5,7,10-11H,6,8-9H2,1-2H3. The maximum absolute atomic E-state index is 12.8. The van der Waals surface area contributed by atoms with Crippen molar-refractivity contribution < 1.29 is 4.79 Å². The largest absolute Gasteiger partial charge is 0.327 e. The van der Waals surface area contributed by atoms with Gasteiger partial charge in [-0.3, -0.25) is 4.79 Å². The Labute approximate surface area is 154 Å². The monoisotopic (exact) mass is 370 g/mol. The Morgan fingerprint density at radius 1 is 1.28 bits per heavy atom. The van der Waals surface area contributed by atoms with Crippen LogP contribution in [0.2, 0.25) is 0 Å². The highest BCUT2D eigenvalue weighted by atomic mass is 32.1. The minimum Gasteiger partial charge on any atom is -0.327 e. The van der Waals surface area contributed by atoms with E-state index in [9.17, 15) is 4.79 Å². The highest BCUT2D eigenvalue weighted by Gasteiger charge is 2.27. The van der Waals surface area contributed by atoms with Crippen LogP contribution in [0.4, 0.5) is 0 Å². The number of carbonyl (C=O) groups is 1. The van der Waals surface area contributed by atoms with E-state index in [1.54, 1.807) is 16.2 Å². The van der Waals surface area contributed by atoms with E-state index in [1.807, 2.05) is 29.1 Å². The minimum absolute atomic E-state index is 0.0394. The topological polar surface area (TPSA) is 59.0 Å². The molecule has 5 nitrogen and oxygen atoms in total. The van der Waals surface area contributed by atoms with Crippen LogP contribution in [0.15, 0.2) is 29.1 Å². The van der Waals surface area contributed by atoms with Crippen LogP contribution in [-0.2, 0) is 19.5 Å². The fraction of sp³-hybridized carbons (Fsp3) is 0.333. The average Bonchev–Trinajstić information content (AvgIpc) is 3.31. The number of carbonyl (C=O) groups excluding carboxylic acids is 1. The second-order valence-corrected chi connectivity index (χ2v) is 8.34. The number of nitrogens with zero attached hydrogens (tertiary/aromatic N) is 4. The lowest BCUT2D eigenvalue weighted by atomic mass is 10.1. The van der Waals surface area contributed by atoms with Gasteiger partial charge in [-0.15, -0.1) is 22.7 Å². The fourth-order valence-electron chi connectivity index (χ4n) is 2.85. The normalized spacial score (nSPS) is 13.5. The maximum Gasteiger partial charge on any atom is 0.274 e. The number of hydrogen-bond donors (Lipinski definition) is 0. The van der Waals surface area contributed by atoms with Crippen LogP contribution < -0.4 is 0 Å². The SMILES string of the molecule is CC(C)Cc1ncc2c(n1)CN(C(=O)c1csc(-c3cccs3)n1)C2. The van der Waals surface area contributed by atoms with Crippen molar-refractivity contribution in [2.75, 3.05) is 0 Å². The molecule has 3 aromatic heterocycles. The predicted molar refractivity (Wildman–Crippen MR) is 99.6 cm³/mol. The Kier molecular flexibility index (Phi) is 4.35. The molecule has 4 heterocycles. The Balaban J connectivity index is 1.50. The van der Waals surface area contributed by atoms with Crippen molar-refractivity contribution in [3.8, 4) is 9.88 Å². The summed E-state index contributed by atoms with van der Waals surface area (Å²) in [5, 5.41) is 4.76. The van der Waals surface area contributed by atoms with Crippen molar-refractivity contribution in [1.82, 2.24) is 19.9 Å². The van der Waals surface area contributed by atoms with Gasteiger partial charge in [0, 0.05) is 30.1 Å². The lowest BCUT2D eigenvalue weighted by Crippen LogP contribution is -2.25. The second kappa shape index (κ2) is 6.65. The van der Waals surface area contributed by atoms with Gasteiger partial charge in [0.2, 0.25) is 0 Å². The van der Waals surface area contributed by atoms with Gasteiger partial charge < -0.3 is 4.90 Å².